The summed E-state index contributed by atoms with van der Waals surface area (Å²) in [7, 11) is 0. The molecule has 3 nitrogen and oxygen atoms in total. The van der Waals surface area contributed by atoms with Gasteiger partial charge in [-0.3, -0.25) is 14.8 Å². The van der Waals surface area contributed by atoms with Gasteiger partial charge in [0.15, 0.2) is 5.78 Å². The molecular formula is C15H18N2OS. The van der Waals surface area contributed by atoms with Crippen molar-refractivity contribution in [1.82, 2.24) is 9.97 Å². The topological polar surface area (TPSA) is 42.9 Å². The van der Waals surface area contributed by atoms with Crippen molar-refractivity contribution in [1.29, 1.82) is 0 Å². The Kier molecular flexibility index (Phi) is 4.10. The Labute approximate surface area is 117 Å². The summed E-state index contributed by atoms with van der Waals surface area (Å²) < 4.78 is 0. The van der Waals surface area contributed by atoms with Crippen LogP contribution in [0.5, 0.6) is 0 Å². The number of nitrogens with zero attached hydrogens (tertiary/aromatic N) is 2. The molecule has 0 saturated heterocycles. The maximum absolute atomic E-state index is 12.1. The summed E-state index contributed by atoms with van der Waals surface area (Å²) in [6, 6.07) is 3.99. The second kappa shape index (κ2) is 5.61. The van der Waals surface area contributed by atoms with E-state index in [1.165, 1.54) is 4.88 Å². The standard InChI is InChI=1S/C15H18N2OS/c1-15(2,3)14-7-6-13(19-14)12(18)5-4-11-10-16-8-9-17-11/h6-10H,4-5H2,1-3H3. The minimum atomic E-state index is 0.105. The Balaban J connectivity index is 1.99. The highest BCUT2D eigenvalue weighted by atomic mass is 32.1. The molecule has 0 bridgehead atoms. The van der Waals surface area contributed by atoms with Crippen molar-refractivity contribution in [3.05, 3.63) is 46.2 Å². The molecule has 19 heavy (non-hydrogen) atoms. The molecule has 0 aliphatic carbocycles. The van der Waals surface area contributed by atoms with Crippen LogP contribution in [0.1, 0.15) is 47.4 Å². The second-order valence-corrected chi connectivity index (χ2v) is 6.62. The van der Waals surface area contributed by atoms with Crippen molar-refractivity contribution in [3.8, 4) is 0 Å². The van der Waals surface area contributed by atoms with Gasteiger partial charge >= 0.3 is 0 Å². The highest BCUT2D eigenvalue weighted by molar-refractivity contribution is 7.14. The van der Waals surface area contributed by atoms with E-state index < -0.39 is 0 Å². The van der Waals surface area contributed by atoms with Gasteiger partial charge in [-0.25, -0.2) is 0 Å². The average Bonchev–Trinajstić information content (AvgIpc) is 2.87. The van der Waals surface area contributed by atoms with Crippen molar-refractivity contribution in [3.63, 3.8) is 0 Å². The van der Waals surface area contributed by atoms with Crippen LogP contribution >= 0.6 is 11.3 Å². The van der Waals surface area contributed by atoms with Crippen LogP contribution in [-0.4, -0.2) is 15.8 Å². The number of ketones is 1. The van der Waals surface area contributed by atoms with Gasteiger partial charge in [-0.15, -0.1) is 11.3 Å². The third-order valence-corrected chi connectivity index (χ3v) is 4.40. The molecule has 2 rings (SSSR count). The fraction of sp³-hybridized carbons (Fsp3) is 0.400. The lowest BCUT2D eigenvalue weighted by atomic mass is 9.95. The molecule has 2 aromatic heterocycles. The van der Waals surface area contributed by atoms with Crippen LogP contribution in [-0.2, 0) is 11.8 Å². The number of aryl methyl sites for hydroxylation is 1. The fourth-order valence-corrected chi connectivity index (χ4v) is 2.75. The van der Waals surface area contributed by atoms with Gasteiger partial charge in [-0.05, 0) is 24.0 Å². The Hall–Kier alpha value is -1.55. The van der Waals surface area contributed by atoms with Gasteiger partial charge in [-0.1, -0.05) is 20.8 Å². The quantitative estimate of drug-likeness (QED) is 0.799. The first-order valence-electron chi connectivity index (χ1n) is 6.35. The van der Waals surface area contributed by atoms with E-state index in [1.807, 2.05) is 6.07 Å². The van der Waals surface area contributed by atoms with E-state index in [9.17, 15) is 4.79 Å². The van der Waals surface area contributed by atoms with Crippen molar-refractivity contribution in [2.75, 3.05) is 0 Å². The number of rotatable bonds is 4. The monoisotopic (exact) mass is 274 g/mol. The molecule has 0 atom stereocenters. The number of Topliss-reactive ketones (excluding diaryl/α,β-unsaturated/α-hetero) is 1. The Morgan fingerprint density at radius 2 is 2.05 bits per heavy atom. The maximum atomic E-state index is 12.1. The van der Waals surface area contributed by atoms with Crippen LogP contribution in [0, 0.1) is 0 Å². The molecule has 4 heteroatoms. The van der Waals surface area contributed by atoms with Gasteiger partial charge in [-0.2, -0.15) is 0 Å². The number of hydrogen-bond acceptors (Lipinski definition) is 4. The van der Waals surface area contributed by atoms with Crippen LogP contribution in [0.15, 0.2) is 30.7 Å². The first-order valence-corrected chi connectivity index (χ1v) is 7.17. The molecule has 0 spiro atoms. The predicted octanol–water partition coefficient (Wildman–Crippen LogP) is 3.65. The van der Waals surface area contributed by atoms with Crippen molar-refractivity contribution >= 4 is 17.1 Å². The zero-order valence-electron chi connectivity index (χ0n) is 11.5. The Morgan fingerprint density at radius 1 is 1.26 bits per heavy atom. The molecule has 0 unspecified atom stereocenters. The van der Waals surface area contributed by atoms with Crippen molar-refractivity contribution < 1.29 is 4.79 Å². The molecule has 2 aromatic rings. The third-order valence-electron chi connectivity index (χ3n) is 2.84. The molecule has 0 aromatic carbocycles. The average molecular weight is 274 g/mol. The van der Waals surface area contributed by atoms with E-state index in [2.05, 4.69) is 36.8 Å². The lowest BCUT2D eigenvalue weighted by molar-refractivity contribution is 0.0986. The molecule has 0 N–H and O–H groups in total. The lowest BCUT2D eigenvalue weighted by Gasteiger charge is -2.15. The first-order chi connectivity index (χ1) is 8.97. The van der Waals surface area contributed by atoms with Crippen LogP contribution in [0.2, 0.25) is 0 Å². The minimum Gasteiger partial charge on any atom is -0.293 e. The molecule has 0 fully saturated rings. The number of carbonyl (C=O) groups excluding carboxylic acids is 1. The van der Waals surface area contributed by atoms with Gasteiger partial charge in [0, 0.05) is 29.9 Å². The Morgan fingerprint density at radius 3 is 2.63 bits per heavy atom. The summed E-state index contributed by atoms with van der Waals surface area (Å²) in [5.41, 5.74) is 0.970. The summed E-state index contributed by atoms with van der Waals surface area (Å²) >= 11 is 1.60. The van der Waals surface area contributed by atoms with Gasteiger partial charge < -0.3 is 0 Å². The van der Waals surface area contributed by atoms with Gasteiger partial charge in [0.2, 0.25) is 0 Å². The molecule has 100 valence electrons. The molecule has 0 aliphatic rings. The summed E-state index contributed by atoms with van der Waals surface area (Å²) in [4.78, 5) is 22.4. The largest absolute Gasteiger partial charge is 0.293 e. The summed E-state index contributed by atoms with van der Waals surface area (Å²) in [6.45, 7) is 6.48. The molecule has 0 amide bonds. The van der Waals surface area contributed by atoms with E-state index in [0.29, 0.717) is 12.8 Å². The predicted molar refractivity (Wildman–Crippen MR) is 77.7 cm³/mol. The van der Waals surface area contributed by atoms with Gasteiger partial charge in [0.05, 0.1) is 10.6 Å². The first kappa shape index (κ1) is 13.9. The number of thiophene rings is 1. The number of aromatic nitrogens is 2. The minimum absolute atomic E-state index is 0.105. The summed E-state index contributed by atoms with van der Waals surface area (Å²) in [5.74, 6) is 0.186. The van der Waals surface area contributed by atoms with Crippen LogP contribution in [0.25, 0.3) is 0 Å². The van der Waals surface area contributed by atoms with Crippen LogP contribution in [0.4, 0.5) is 0 Å². The Bertz CT molecular complexity index is 555. The SMILES string of the molecule is CC(C)(C)c1ccc(C(=O)CCc2cnccn2)s1. The van der Waals surface area contributed by atoms with Crippen molar-refractivity contribution in [2.24, 2.45) is 0 Å². The third kappa shape index (κ3) is 3.70. The van der Waals surface area contributed by atoms with E-state index in [1.54, 1.807) is 29.9 Å². The van der Waals surface area contributed by atoms with E-state index in [4.69, 9.17) is 0 Å². The van der Waals surface area contributed by atoms with Crippen LogP contribution in [0.3, 0.4) is 0 Å². The highest BCUT2D eigenvalue weighted by Gasteiger charge is 2.18. The molecule has 0 radical (unpaired) electrons. The summed E-state index contributed by atoms with van der Waals surface area (Å²) in [5, 5.41) is 0. The van der Waals surface area contributed by atoms with Gasteiger partial charge in [0.1, 0.15) is 0 Å². The zero-order chi connectivity index (χ0) is 13.9. The second-order valence-electron chi connectivity index (χ2n) is 5.53. The molecular weight excluding hydrogens is 256 g/mol. The lowest BCUT2D eigenvalue weighted by Crippen LogP contribution is -2.08. The molecule has 0 aliphatic heterocycles. The van der Waals surface area contributed by atoms with Crippen LogP contribution < -0.4 is 0 Å². The maximum Gasteiger partial charge on any atom is 0.173 e. The van der Waals surface area contributed by atoms with E-state index >= 15 is 0 Å². The van der Waals surface area contributed by atoms with Gasteiger partial charge in [0.25, 0.3) is 0 Å². The fourth-order valence-electron chi connectivity index (χ4n) is 1.71. The number of hydrogen-bond donors (Lipinski definition) is 0. The molecule has 2 heterocycles. The highest BCUT2D eigenvalue weighted by Crippen LogP contribution is 2.30. The number of carbonyl (C=O) groups is 1. The summed E-state index contributed by atoms with van der Waals surface area (Å²) in [6.07, 6.45) is 6.14. The van der Waals surface area contributed by atoms with E-state index in [-0.39, 0.29) is 11.2 Å². The molecule has 0 saturated carbocycles. The smallest absolute Gasteiger partial charge is 0.173 e. The van der Waals surface area contributed by atoms with Crippen molar-refractivity contribution in [2.45, 2.75) is 39.0 Å². The van der Waals surface area contributed by atoms with E-state index in [0.717, 1.165) is 10.6 Å². The normalized spacial score (nSPS) is 11.5. The zero-order valence-corrected chi connectivity index (χ0v) is 12.3.